The number of nitro groups is 1. The van der Waals surface area contributed by atoms with Crippen molar-refractivity contribution in [2.45, 2.75) is 24.8 Å². The van der Waals surface area contributed by atoms with Gasteiger partial charge in [-0.1, -0.05) is 0 Å². The molecule has 1 aromatic rings. The molecule has 0 heterocycles. The van der Waals surface area contributed by atoms with Gasteiger partial charge in [-0.05, 0) is 26.0 Å². The van der Waals surface area contributed by atoms with Crippen LogP contribution in [0.3, 0.4) is 0 Å². The van der Waals surface area contributed by atoms with Crippen LogP contribution in [-0.4, -0.2) is 30.2 Å². The van der Waals surface area contributed by atoms with Gasteiger partial charge < -0.3 is 0 Å². The molecule has 0 aliphatic heterocycles. The average Bonchev–Trinajstić information content (AvgIpc) is 2.35. The lowest BCUT2D eigenvalue weighted by Crippen LogP contribution is -2.37. The van der Waals surface area contributed by atoms with Crippen LogP contribution in [-0.2, 0) is 10.0 Å². The number of nitriles is 1. The van der Waals surface area contributed by atoms with Crippen molar-refractivity contribution in [3.8, 4) is 6.07 Å². The number of hydrogen-bond donors (Lipinski definition) is 0. The molecular formula is C11H12FN3O4S. The zero-order valence-electron chi connectivity index (χ0n) is 10.8. The largest absolute Gasteiger partial charge is 0.306 e. The molecule has 0 spiro atoms. The lowest BCUT2D eigenvalue weighted by molar-refractivity contribution is -0.387. The van der Waals surface area contributed by atoms with E-state index in [2.05, 4.69) is 0 Å². The molecule has 0 aliphatic rings. The summed E-state index contributed by atoms with van der Waals surface area (Å²) in [5, 5.41) is 19.3. The Bertz CT molecular complexity index is 667. The molecule has 108 valence electrons. The van der Waals surface area contributed by atoms with E-state index in [1.54, 1.807) is 19.9 Å². The molecule has 0 saturated carbocycles. The summed E-state index contributed by atoms with van der Waals surface area (Å²) in [5.74, 6) is -1.12. The van der Waals surface area contributed by atoms with E-state index in [0.717, 1.165) is 16.4 Å². The molecule has 0 atom stereocenters. The number of halogens is 1. The molecule has 20 heavy (non-hydrogen) atoms. The highest BCUT2D eigenvalue weighted by Gasteiger charge is 2.29. The molecule has 0 fully saturated rings. The van der Waals surface area contributed by atoms with E-state index in [1.807, 2.05) is 0 Å². The fourth-order valence-corrected chi connectivity index (χ4v) is 3.10. The van der Waals surface area contributed by atoms with E-state index in [1.165, 1.54) is 0 Å². The molecule has 1 rings (SSSR count). The van der Waals surface area contributed by atoms with Gasteiger partial charge in [-0.25, -0.2) is 8.42 Å². The summed E-state index contributed by atoms with van der Waals surface area (Å²) < 4.78 is 38.7. The number of nitro benzene ring substituents is 1. The number of rotatable bonds is 5. The second-order valence-corrected chi connectivity index (χ2v) is 6.06. The second-order valence-electron chi connectivity index (χ2n) is 4.17. The summed E-state index contributed by atoms with van der Waals surface area (Å²) in [4.78, 5) is 9.21. The second kappa shape index (κ2) is 5.94. The van der Waals surface area contributed by atoms with Crippen LogP contribution in [0.15, 0.2) is 23.1 Å². The standard InChI is InChI=1S/C11H12FN3O4S/c1-8(2)14(6-5-13)20(18,19)9-3-4-10(12)11(7-9)15(16)17/h3-4,7-8H,6H2,1-2H3. The van der Waals surface area contributed by atoms with Gasteiger partial charge >= 0.3 is 5.69 Å². The predicted octanol–water partition coefficient (Wildman–Crippen LogP) is 1.66. The maximum atomic E-state index is 13.2. The van der Waals surface area contributed by atoms with Gasteiger partial charge in [0, 0.05) is 12.1 Å². The van der Waals surface area contributed by atoms with Gasteiger partial charge in [-0.3, -0.25) is 10.1 Å². The molecule has 0 saturated heterocycles. The fourth-order valence-electron chi connectivity index (χ4n) is 1.54. The Labute approximate surface area is 115 Å². The first kappa shape index (κ1) is 16.0. The van der Waals surface area contributed by atoms with Crippen molar-refractivity contribution in [2.75, 3.05) is 6.54 Å². The van der Waals surface area contributed by atoms with E-state index < -0.39 is 43.9 Å². The molecule has 0 N–H and O–H groups in total. The Morgan fingerprint density at radius 3 is 2.55 bits per heavy atom. The van der Waals surface area contributed by atoms with Crippen molar-refractivity contribution in [2.24, 2.45) is 0 Å². The summed E-state index contributed by atoms with van der Waals surface area (Å²) in [6.45, 7) is 2.73. The first-order valence-electron chi connectivity index (χ1n) is 5.54. The molecular weight excluding hydrogens is 289 g/mol. The van der Waals surface area contributed by atoms with E-state index in [0.29, 0.717) is 6.07 Å². The molecule has 9 heteroatoms. The van der Waals surface area contributed by atoms with Gasteiger partial charge in [0.1, 0.15) is 6.54 Å². The summed E-state index contributed by atoms with van der Waals surface area (Å²) in [6, 6.07) is 3.51. The van der Waals surface area contributed by atoms with Crippen LogP contribution in [0.1, 0.15) is 13.8 Å². The quantitative estimate of drug-likeness (QED) is 0.467. The van der Waals surface area contributed by atoms with Crippen LogP contribution >= 0.6 is 0 Å². The van der Waals surface area contributed by atoms with Gasteiger partial charge in [0.2, 0.25) is 15.8 Å². The highest BCUT2D eigenvalue weighted by molar-refractivity contribution is 7.89. The first-order chi connectivity index (χ1) is 9.21. The maximum Gasteiger partial charge on any atom is 0.306 e. The Hall–Kier alpha value is -2.05. The van der Waals surface area contributed by atoms with Crippen LogP contribution in [0.2, 0.25) is 0 Å². The minimum Gasteiger partial charge on any atom is -0.258 e. The topological polar surface area (TPSA) is 104 Å². The maximum absolute atomic E-state index is 13.2. The van der Waals surface area contributed by atoms with Crippen LogP contribution in [0.25, 0.3) is 0 Å². The van der Waals surface area contributed by atoms with Crippen LogP contribution in [0, 0.1) is 27.3 Å². The van der Waals surface area contributed by atoms with E-state index in [-0.39, 0.29) is 0 Å². The van der Waals surface area contributed by atoms with Gasteiger partial charge in [-0.2, -0.15) is 14.0 Å². The van der Waals surface area contributed by atoms with Gasteiger partial charge in [0.25, 0.3) is 0 Å². The van der Waals surface area contributed by atoms with Crippen molar-refractivity contribution in [3.63, 3.8) is 0 Å². The molecule has 0 bridgehead atoms. The van der Waals surface area contributed by atoms with Gasteiger partial charge in [0.15, 0.2) is 0 Å². The summed E-state index contributed by atoms with van der Waals surface area (Å²) in [7, 11) is -4.10. The monoisotopic (exact) mass is 301 g/mol. The third kappa shape index (κ3) is 3.09. The van der Waals surface area contributed by atoms with Crippen LogP contribution in [0.5, 0.6) is 0 Å². The molecule has 7 nitrogen and oxygen atoms in total. The lowest BCUT2D eigenvalue weighted by atomic mass is 10.3. The lowest BCUT2D eigenvalue weighted by Gasteiger charge is -2.22. The first-order valence-corrected chi connectivity index (χ1v) is 6.98. The Morgan fingerprint density at radius 1 is 1.50 bits per heavy atom. The van der Waals surface area contributed by atoms with Gasteiger partial charge in [0.05, 0.1) is 15.9 Å². The van der Waals surface area contributed by atoms with Crippen molar-refractivity contribution in [1.29, 1.82) is 5.26 Å². The molecule has 0 radical (unpaired) electrons. The molecule has 0 aromatic heterocycles. The third-order valence-corrected chi connectivity index (χ3v) is 4.54. The van der Waals surface area contributed by atoms with Crippen molar-refractivity contribution in [1.82, 2.24) is 4.31 Å². The highest BCUT2D eigenvalue weighted by atomic mass is 32.2. The number of sulfonamides is 1. The number of hydrogen-bond acceptors (Lipinski definition) is 5. The van der Waals surface area contributed by atoms with E-state index in [9.17, 15) is 22.9 Å². The van der Waals surface area contributed by atoms with Crippen LogP contribution in [0.4, 0.5) is 10.1 Å². The smallest absolute Gasteiger partial charge is 0.258 e. The van der Waals surface area contributed by atoms with Crippen molar-refractivity contribution < 1.29 is 17.7 Å². The Morgan fingerprint density at radius 2 is 2.10 bits per heavy atom. The zero-order chi connectivity index (χ0) is 15.5. The molecule has 0 unspecified atom stereocenters. The zero-order valence-corrected chi connectivity index (χ0v) is 11.6. The van der Waals surface area contributed by atoms with Crippen LogP contribution < -0.4 is 0 Å². The average molecular weight is 301 g/mol. The summed E-state index contributed by atoms with van der Waals surface area (Å²) >= 11 is 0. The number of benzene rings is 1. The number of nitrogens with zero attached hydrogens (tertiary/aromatic N) is 3. The minimum atomic E-state index is -4.10. The van der Waals surface area contributed by atoms with E-state index in [4.69, 9.17) is 5.26 Å². The van der Waals surface area contributed by atoms with Crippen molar-refractivity contribution in [3.05, 3.63) is 34.1 Å². The highest BCUT2D eigenvalue weighted by Crippen LogP contribution is 2.24. The van der Waals surface area contributed by atoms with E-state index >= 15 is 0 Å². The van der Waals surface area contributed by atoms with Crippen molar-refractivity contribution >= 4 is 15.7 Å². The Balaban J connectivity index is 3.39. The van der Waals surface area contributed by atoms with Gasteiger partial charge in [-0.15, -0.1) is 0 Å². The molecule has 0 amide bonds. The normalized spacial score (nSPS) is 11.6. The Kier molecular flexibility index (Phi) is 4.75. The molecule has 1 aromatic carbocycles. The fraction of sp³-hybridized carbons (Fsp3) is 0.364. The summed E-state index contributed by atoms with van der Waals surface area (Å²) in [5.41, 5.74) is -0.924. The summed E-state index contributed by atoms with van der Waals surface area (Å²) in [6.07, 6.45) is 0. The predicted molar refractivity (Wildman–Crippen MR) is 67.7 cm³/mol. The minimum absolute atomic E-state index is 0.398. The third-order valence-electron chi connectivity index (χ3n) is 2.52. The molecule has 0 aliphatic carbocycles. The SMILES string of the molecule is CC(C)N(CC#N)S(=O)(=O)c1ccc(F)c([N+](=O)[O-])c1.